The summed E-state index contributed by atoms with van der Waals surface area (Å²) < 4.78 is 36.4. The highest BCUT2D eigenvalue weighted by Crippen LogP contribution is 2.41. The van der Waals surface area contributed by atoms with Crippen molar-refractivity contribution in [2.45, 2.75) is 94.3 Å². The first-order valence-corrected chi connectivity index (χ1v) is 13.3. The van der Waals surface area contributed by atoms with Gasteiger partial charge in [0, 0.05) is 41.7 Å². The Balaban J connectivity index is 5.89. The molecule has 0 spiro atoms. The largest absolute Gasteiger partial charge is 0.372 e. The van der Waals surface area contributed by atoms with Gasteiger partial charge in [-0.15, -0.1) is 0 Å². The Bertz CT molecular complexity index is 437. The Morgan fingerprint density at radius 2 is 1.00 bits per heavy atom. The van der Waals surface area contributed by atoms with Gasteiger partial charge in [0.15, 0.2) is 10.8 Å². The van der Waals surface area contributed by atoms with Gasteiger partial charge < -0.3 is 34.2 Å². The Labute approximate surface area is 190 Å². The van der Waals surface area contributed by atoms with Crippen LogP contribution in [0.4, 0.5) is 0 Å². The van der Waals surface area contributed by atoms with E-state index in [9.17, 15) is 0 Å². The first kappa shape index (κ1) is 30.2. The van der Waals surface area contributed by atoms with Crippen molar-refractivity contribution < 1.29 is 28.4 Å². The Morgan fingerprint density at radius 1 is 0.667 bits per heavy atom. The predicted octanol–water partition coefficient (Wildman–Crippen LogP) is 0.869. The van der Waals surface area contributed by atoms with Crippen LogP contribution in [0.25, 0.3) is 0 Å². The van der Waals surface area contributed by atoms with E-state index in [1.54, 1.807) is 28.4 Å². The Hall–Kier alpha value is 0.154. The van der Waals surface area contributed by atoms with Gasteiger partial charge in [0.1, 0.15) is 11.2 Å². The van der Waals surface area contributed by atoms with Crippen molar-refractivity contribution in [3.8, 4) is 0 Å². The monoisotopic (exact) mass is 467 g/mol. The molecule has 0 aromatic rings. The van der Waals surface area contributed by atoms with Gasteiger partial charge in [0.25, 0.3) is 0 Å². The van der Waals surface area contributed by atoms with Gasteiger partial charge in [-0.05, 0) is 26.7 Å². The summed E-state index contributed by atoms with van der Waals surface area (Å²) in [6.45, 7) is 9.37. The van der Waals surface area contributed by atoms with Crippen LogP contribution < -0.4 is 5.73 Å². The van der Waals surface area contributed by atoms with Crippen molar-refractivity contribution in [1.82, 2.24) is 0 Å². The van der Waals surface area contributed by atoms with Gasteiger partial charge in [-0.25, -0.2) is 0 Å². The van der Waals surface area contributed by atoms with E-state index in [4.69, 9.17) is 34.2 Å². The lowest BCUT2D eigenvalue weighted by Gasteiger charge is -2.56. The summed E-state index contributed by atoms with van der Waals surface area (Å²) in [5.74, 6) is 0. The van der Waals surface area contributed by atoms with E-state index in [0.29, 0.717) is 33.7 Å². The van der Waals surface area contributed by atoms with Crippen LogP contribution in [0.15, 0.2) is 0 Å². The van der Waals surface area contributed by atoms with Gasteiger partial charge in [-0.3, -0.25) is 0 Å². The molecule has 0 rings (SSSR count). The van der Waals surface area contributed by atoms with Crippen LogP contribution in [0, 0.1) is 0 Å². The summed E-state index contributed by atoms with van der Waals surface area (Å²) in [6.07, 6.45) is 6.38. The highest BCUT2D eigenvalue weighted by molar-refractivity contribution is 6.15. The van der Waals surface area contributed by atoms with E-state index in [-0.39, 0.29) is 0 Å². The van der Waals surface area contributed by atoms with Gasteiger partial charge in [0.2, 0.25) is 0 Å². The highest BCUT2D eigenvalue weighted by atomic mass is 28.2. The van der Waals surface area contributed by atoms with E-state index in [1.807, 2.05) is 13.8 Å². The van der Waals surface area contributed by atoms with E-state index >= 15 is 0 Å². The van der Waals surface area contributed by atoms with Crippen molar-refractivity contribution in [2.75, 3.05) is 41.7 Å². The van der Waals surface area contributed by atoms with E-state index in [0.717, 1.165) is 38.5 Å². The molecule has 7 nitrogen and oxygen atoms in total. The Kier molecular flexibility index (Phi) is 13.7. The molecule has 4 atom stereocenters. The minimum Gasteiger partial charge on any atom is -0.372 e. The van der Waals surface area contributed by atoms with Crippen LogP contribution in [-0.2, 0) is 28.4 Å². The third kappa shape index (κ3) is 6.58. The normalized spacial score (nSPS) is 21.5. The maximum Gasteiger partial charge on any atom is 0.170 e. The van der Waals surface area contributed by atoms with Gasteiger partial charge in [0.05, 0.1) is 26.5 Å². The third-order valence-electron chi connectivity index (χ3n) is 6.87. The average Bonchev–Trinajstić information content (AvgIpc) is 2.77. The molecular weight excluding hydrogens is 418 g/mol. The van der Waals surface area contributed by atoms with E-state index in [1.165, 1.54) is 0 Å². The van der Waals surface area contributed by atoms with Crippen LogP contribution >= 0.6 is 0 Å². The molecule has 9 heteroatoms. The number of rotatable bonds is 18. The summed E-state index contributed by atoms with van der Waals surface area (Å²) in [7, 11) is 7.68. The zero-order valence-corrected chi connectivity index (χ0v) is 25.3. The lowest BCUT2D eigenvalue weighted by atomic mass is 9.81. The van der Waals surface area contributed by atoms with Gasteiger partial charge in [-0.2, -0.15) is 0 Å². The molecule has 0 radical (unpaired) electrons. The summed E-state index contributed by atoms with van der Waals surface area (Å²) in [5, 5.41) is 0. The maximum atomic E-state index is 6.91. The molecule has 4 unspecified atom stereocenters. The van der Waals surface area contributed by atoms with Crippen molar-refractivity contribution in [3.05, 3.63) is 0 Å². The van der Waals surface area contributed by atoms with E-state index < -0.39 is 28.1 Å². The minimum absolute atomic E-state index is 0.556. The molecule has 0 saturated heterocycles. The van der Waals surface area contributed by atoms with Crippen molar-refractivity contribution >= 4 is 20.5 Å². The number of hydrogen-bond donors (Lipinski definition) is 1. The summed E-state index contributed by atoms with van der Waals surface area (Å²) >= 11 is 0. The zero-order valence-electron chi connectivity index (χ0n) is 21.3. The number of nitrogens with two attached hydrogens (primary N) is 1. The summed E-state index contributed by atoms with van der Waals surface area (Å²) in [4.78, 5) is 0. The fourth-order valence-corrected chi connectivity index (χ4v) is 5.20. The second kappa shape index (κ2) is 13.6. The topological polar surface area (TPSA) is 81.4 Å². The fraction of sp³-hybridized carbons (Fsp3) is 1.00. The minimum atomic E-state index is -0.980. The molecule has 0 saturated carbocycles. The maximum absolute atomic E-state index is 6.91. The molecule has 0 aliphatic carbocycles. The molecule has 0 fully saturated rings. The Morgan fingerprint density at radius 3 is 1.23 bits per heavy atom. The lowest BCUT2D eigenvalue weighted by molar-refractivity contribution is -0.317. The molecule has 0 aromatic carbocycles. The fourth-order valence-electron chi connectivity index (χ4n) is 3.76. The number of hydrogen-bond acceptors (Lipinski definition) is 7. The molecule has 0 aromatic heterocycles. The van der Waals surface area contributed by atoms with Crippen molar-refractivity contribution in [1.29, 1.82) is 0 Å². The molecular formula is C21H49NO6Si2. The second-order valence-corrected chi connectivity index (χ2v) is 11.1. The molecule has 0 bridgehead atoms. The van der Waals surface area contributed by atoms with Crippen molar-refractivity contribution in [2.24, 2.45) is 5.73 Å². The van der Waals surface area contributed by atoms with Crippen LogP contribution in [0.3, 0.4) is 0 Å². The quantitative estimate of drug-likeness (QED) is 0.182. The van der Waals surface area contributed by atoms with Gasteiger partial charge >= 0.3 is 0 Å². The lowest BCUT2D eigenvalue weighted by Crippen LogP contribution is -2.77. The molecule has 30 heavy (non-hydrogen) atoms. The molecule has 0 heterocycles. The smallest absolute Gasteiger partial charge is 0.170 e. The molecule has 0 amide bonds. The van der Waals surface area contributed by atoms with Crippen LogP contribution in [0.5, 0.6) is 0 Å². The molecule has 0 aliphatic rings. The summed E-state index contributed by atoms with van der Waals surface area (Å²) in [6, 6.07) is -0.646. The molecule has 0 aliphatic heterocycles. The average molecular weight is 468 g/mol. The predicted molar refractivity (Wildman–Crippen MR) is 129 cm³/mol. The number of unbranched alkanes of at least 4 members (excludes halogenated alkanes) is 4. The van der Waals surface area contributed by atoms with Crippen LogP contribution in [0.2, 0.25) is 0 Å². The summed E-state index contributed by atoms with van der Waals surface area (Å²) in [5.41, 5.74) is 3.05. The SMILES string of the molecule is CCCCCOC([SiH3])(OC)C(C)(OC)C(N)C(C)(OC)C([SiH3])(OC)OCCCCC. The number of methoxy groups -OCH3 is 4. The third-order valence-corrected chi connectivity index (χ3v) is 10.2. The second-order valence-electron chi connectivity index (χ2n) is 8.51. The van der Waals surface area contributed by atoms with Crippen molar-refractivity contribution in [3.63, 3.8) is 0 Å². The zero-order chi connectivity index (χ0) is 23.5. The molecule has 2 N–H and O–H groups in total. The van der Waals surface area contributed by atoms with Crippen LogP contribution in [0.1, 0.15) is 66.2 Å². The number of ether oxygens (including phenoxy) is 6. The van der Waals surface area contributed by atoms with Gasteiger partial charge in [-0.1, -0.05) is 39.5 Å². The van der Waals surface area contributed by atoms with Crippen LogP contribution in [-0.4, -0.2) is 90.2 Å². The highest BCUT2D eigenvalue weighted by Gasteiger charge is 2.62. The first-order valence-electron chi connectivity index (χ1n) is 11.3. The first-order chi connectivity index (χ1) is 14.0. The van der Waals surface area contributed by atoms with E-state index in [2.05, 4.69) is 13.8 Å². The standard InChI is InChI=1S/C21H49NO6Si2/c1-9-11-13-15-27-20(29,25-7)18(3,23-5)17(22)19(4,24-6)21(30,26-8)28-16-14-12-10-2/h17H,9-16,22H2,1-8,29-30H3. The molecule has 182 valence electrons.